The summed E-state index contributed by atoms with van der Waals surface area (Å²) in [4.78, 5) is 13.7. The molecule has 0 N–H and O–H groups in total. The van der Waals surface area contributed by atoms with Crippen LogP contribution in [0.15, 0.2) is 30.3 Å². The van der Waals surface area contributed by atoms with Gasteiger partial charge in [-0.05, 0) is 32.8 Å². The van der Waals surface area contributed by atoms with Gasteiger partial charge in [0.15, 0.2) is 0 Å². The smallest absolute Gasteiger partial charge is 0.410 e. The molecule has 5 nitrogen and oxygen atoms in total. The Balaban J connectivity index is 1.58. The van der Waals surface area contributed by atoms with Gasteiger partial charge >= 0.3 is 6.09 Å². The van der Waals surface area contributed by atoms with E-state index in [-0.39, 0.29) is 12.2 Å². The third-order valence-corrected chi connectivity index (χ3v) is 3.49. The fraction of sp³-hybridized carbons (Fsp3) is 0.611. The Morgan fingerprint density at radius 3 is 2.65 bits per heavy atom. The summed E-state index contributed by atoms with van der Waals surface area (Å²) in [5, 5.41) is 0. The quantitative estimate of drug-likeness (QED) is 0.755. The van der Waals surface area contributed by atoms with E-state index in [4.69, 9.17) is 14.2 Å². The summed E-state index contributed by atoms with van der Waals surface area (Å²) < 4.78 is 16.7. The van der Waals surface area contributed by atoms with Crippen molar-refractivity contribution < 1.29 is 19.0 Å². The van der Waals surface area contributed by atoms with Crippen LogP contribution in [0.25, 0.3) is 0 Å². The summed E-state index contributed by atoms with van der Waals surface area (Å²) in [5.74, 6) is 0. The van der Waals surface area contributed by atoms with E-state index in [1.165, 1.54) is 0 Å². The summed E-state index contributed by atoms with van der Waals surface area (Å²) in [6.07, 6.45) is 0.657. The van der Waals surface area contributed by atoms with Gasteiger partial charge in [0.1, 0.15) is 5.60 Å². The lowest BCUT2D eigenvalue weighted by Gasteiger charge is -2.24. The maximum Gasteiger partial charge on any atom is 0.410 e. The number of hydrogen-bond donors (Lipinski definition) is 0. The van der Waals surface area contributed by atoms with Crippen LogP contribution in [-0.2, 0) is 20.8 Å². The molecule has 1 unspecified atom stereocenters. The van der Waals surface area contributed by atoms with Crippen LogP contribution in [0.2, 0.25) is 0 Å². The van der Waals surface area contributed by atoms with Gasteiger partial charge < -0.3 is 19.1 Å². The molecule has 1 aromatic carbocycles. The van der Waals surface area contributed by atoms with Gasteiger partial charge in [-0.3, -0.25) is 0 Å². The third kappa shape index (κ3) is 6.59. The monoisotopic (exact) mass is 321 g/mol. The third-order valence-electron chi connectivity index (χ3n) is 3.49. The zero-order valence-corrected chi connectivity index (χ0v) is 14.3. The van der Waals surface area contributed by atoms with Crippen molar-refractivity contribution in [1.82, 2.24) is 4.90 Å². The molecular formula is C18H27NO4. The maximum absolute atomic E-state index is 12.0. The average Bonchev–Trinajstić information content (AvgIpc) is 2.95. The number of nitrogens with zero attached hydrogens (tertiary/aromatic N) is 1. The van der Waals surface area contributed by atoms with Crippen molar-refractivity contribution in [1.29, 1.82) is 0 Å². The molecule has 1 aromatic rings. The Hall–Kier alpha value is -1.59. The number of likely N-dealkylation sites (tertiary alicyclic amines) is 1. The molecule has 0 aliphatic carbocycles. The Morgan fingerprint density at radius 2 is 1.96 bits per heavy atom. The molecule has 0 saturated carbocycles. The van der Waals surface area contributed by atoms with Gasteiger partial charge in [-0.1, -0.05) is 30.3 Å². The van der Waals surface area contributed by atoms with Gasteiger partial charge in [-0.25, -0.2) is 4.79 Å². The first-order valence-corrected chi connectivity index (χ1v) is 8.15. The molecular weight excluding hydrogens is 294 g/mol. The molecule has 1 saturated heterocycles. The largest absolute Gasteiger partial charge is 0.444 e. The second kappa shape index (κ2) is 8.31. The minimum absolute atomic E-state index is 0.0721. The number of benzene rings is 1. The van der Waals surface area contributed by atoms with Crippen LogP contribution >= 0.6 is 0 Å². The summed E-state index contributed by atoms with van der Waals surface area (Å²) >= 11 is 0. The number of hydrogen-bond acceptors (Lipinski definition) is 4. The summed E-state index contributed by atoms with van der Waals surface area (Å²) in [7, 11) is 0. The van der Waals surface area contributed by atoms with E-state index in [1.54, 1.807) is 4.90 Å². The lowest BCUT2D eigenvalue weighted by atomic mass is 10.2. The molecule has 2 rings (SSSR count). The lowest BCUT2D eigenvalue weighted by Crippen LogP contribution is -2.36. The van der Waals surface area contributed by atoms with Crippen LogP contribution in [0.4, 0.5) is 4.79 Å². The van der Waals surface area contributed by atoms with Crippen LogP contribution in [0.5, 0.6) is 0 Å². The first-order chi connectivity index (χ1) is 10.9. The Morgan fingerprint density at radius 1 is 1.22 bits per heavy atom. The average molecular weight is 321 g/mol. The molecule has 1 aliphatic heterocycles. The zero-order chi connectivity index (χ0) is 16.7. The minimum Gasteiger partial charge on any atom is -0.444 e. The van der Waals surface area contributed by atoms with Crippen LogP contribution < -0.4 is 0 Å². The topological polar surface area (TPSA) is 48.0 Å². The van der Waals surface area contributed by atoms with Gasteiger partial charge in [-0.15, -0.1) is 0 Å². The predicted octanol–water partition coefficient (Wildman–Crippen LogP) is 3.23. The summed E-state index contributed by atoms with van der Waals surface area (Å²) in [6.45, 7) is 8.59. The van der Waals surface area contributed by atoms with E-state index < -0.39 is 5.60 Å². The number of amides is 1. The van der Waals surface area contributed by atoms with Crippen LogP contribution in [0.1, 0.15) is 32.8 Å². The zero-order valence-electron chi connectivity index (χ0n) is 14.3. The molecule has 128 valence electrons. The maximum atomic E-state index is 12.0. The molecule has 0 spiro atoms. The van der Waals surface area contributed by atoms with Gasteiger partial charge in [0.25, 0.3) is 0 Å². The van der Waals surface area contributed by atoms with Gasteiger partial charge in [0.05, 0.1) is 32.5 Å². The van der Waals surface area contributed by atoms with Crippen molar-refractivity contribution in [3.05, 3.63) is 35.9 Å². The predicted molar refractivity (Wildman–Crippen MR) is 88.3 cm³/mol. The number of rotatable bonds is 6. The van der Waals surface area contributed by atoms with Gasteiger partial charge in [0, 0.05) is 6.54 Å². The molecule has 1 heterocycles. The Bertz CT molecular complexity index is 484. The number of ether oxygens (including phenoxy) is 3. The Labute approximate surface area is 138 Å². The van der Waals surface area contributed by atoms with E-state index in [0.29, 0.717) is 32.9 Å². The second-order valence-corrected chi connectivity index (χ2v) is 6.75. The van der Waals surface area contributed by atoms with Crippen molar-refractivity contribution in [3.8, 4) is 0 Å². The number of carbonyl (C=O) groups is 1. The van der Waals surface area contributed by atoms with E-state index in [2.05, 4.69) is 0 Å². The summed E-state index contributed by atoms with van der Waals surface area (Å²) in [6, 6.07) is 10.1. The first kappa shape index (κ1) is 17.8. The molecule has 1 atom stereocenters. The SMILES string of the molecule is CC(C)(C)OC(=O)N1CCC(OCCOCc2ccccc2)C1. The highest BCUT2D eigenvalue weighted by atomic mass is 16.6. The van der Waals surface area contributed by atoms with Crippen molar-refractivity contribution in [2.24, 2.45) is 0 Å². The van der Waals surface area contributed by atoms with Gasteiger partial charge in [-0.2, -0.15) is 0 Å². The van der Waals surface area contributed by atoms with Crippen LogP contribution in [0.3, 0.4) is 0 Å². The minimum atomic E-state index is -0.457. The van der Waals surface area contributed by atoms with Crippen LogP contribution in [0, 0.1) is 0 Å². The lowest BCUT2D eigenvalue weighted by molar-refractivity contribution is -0.000635. The molecule has 5 heteroatoms. The van der Waals surface area contributed by atoms with E-state index in [1.807, 2.05) is 51.1 Å². The van der Waals surface area contributed by atoms with E-state index >= 15 is 0 Å². The Kier molecular flexibility index (Phi) is 6.42. The normalized spacial score (nSPS) is 18.2. The molecule has 0 bridgehead atoms. The summed E-state index contributed by atoms with van der Waals surface area (Å²) in [5.41, 5.74) is 0.700. The fourth-order valence-electron chi connectivity index (χ4n) is 2.39. The molecule has 1 aliphatic rings. The molecule has 1 amide bonds. The van der Waals surface area contributed by atoms with Crippen LogP contribution in [-0.4, -0.2) is 49.0 Å². The highest BCUT2D eigenvalue weighted by Crippen LogP contribution is 2.17. The first-order valence-electron chi connectivity index (χ1n) is 8.15. The van der Waals surface area contributed by atoms with Crippen molar-refractivity contribution >= 4 is 6.09 Å². The van der Waals surface area contributed by atoms with Gasteiger partial charge in [0.2, 0.25) is 0 Å². The van der Waals surface area contributed by atoms with Crippen molar-refractivity contribution in [2.45, 2.75) is 45.5 Å². The molecule has 0 aromatic heterocycles. The fourth-order valence-corrected chi connectivity index (χ4v) is 2.39. The molecule has 0 radical (unpaired) electrons. The van der Waals surface area contributed by atoms with Crippen molar-refractivity contribution in [3.63, 3.8) is 0 Å². The highest BCUT2D eigenvalue weighted by Gasteiger charge is 2.30. The standard InChI is InChI=1S/C18H27NO4/c1-18(2,3)23-17(20)19-10-9-16(13-19)22-12-11-21-14-15-7-5-4-6-8-15/h4-8,16H,9-14H2,1-3H3. The molecule has 23 heavy (non-hydrogen) atoms. The highest BCUT2D eigenvalue weighted by molar-refractivity contribution is 5.68. The van der Waals surface area contributed by atoms with Crippen molar-refractivity contribution in [2.75, 3.05) is 26.3 Å². The molecule has 1 fully saturated rings. The van der Waals surface area contributed by atoms with E-state index in [9.17, 15) is 4.79 Å². The number of carbonyl (C=O) groups excluding carboxylic acids is 1. The van der Waals surface area contributed by atoms with E-state index in [0.717, 1.165) is 12.0 Å². The second-order valence-electron chi connectivity index (χ2n) is 6.75.